The molecule has 0 spiro atoms. The van der Waals surface area contributed by atoms with Crippen molar-refractivity contribution in [1.82, 2.24) is 0 Å². The highest BCUT2D eigenvalue weighted by molar-refractivity contribution is 5.71. The van der Waals surface area contributed by atoms with Crippen molar-refractivity contribution in [1.29, 1.82) is 0 Å². The third-order valence-electron chi connectivity index (χ3n) is 11.3. The average molecular weight is 793 g/mol. The normalized spacial score (nSPS) is 11.9. The molecule has 0 amide bonds. The quantitative estimate of drug-likeness (QED) is 0.0347. The molecule has 0 aromatic carbocycles. The molecule has 0 aliphatic heterocycles. The maximum atomic E-state index is 12.7. The second kappa shape index (κ2) is 44.5. The first-order chi connectivity index (χ1) is 27.4. The van der Waals surface area contributed by atoms with Gasteiger partial charge < -0.3 is 14.2 Å². The number of hydrogen-bond acceptors (Lipinski definition) is 6. The molecule has 0 bridgehead atoms. The molecular formula is C50H96O6. The van der Waals surface area contributed by atoms with Crippen molar-refractivity contribution in [2.24, 2.45) is 5.92 Å². The highest BCUT2D eigenvalue weighted by Gasteiger charge is 2.19. The minimum atomic E-state index is -0.759. The van der Waals surface area contributed by atoms with Crippen LogP contribution in [0, 0.1) is 5.92 Å². The zero-order valence-electron chi connectivity index (χ0n) is 38.1. The minimum absolute atomic E-state index is 0.0630. The van der Waals surface area contributed by atoms with Gasteiger partial charge in [-0.25, -0.2) is 0 Å². The highest BCUT2D eigenvalue weighted by atomic mass is 16.6. The Hall–Kier alpha value is -1.59. The summed E-state index contributed by atoms with van der Waals surface area (Å²) in [5.74, 6) is -0.00438. The molecule has 0 saturated carbocycles. The Balaban J connectivity index is 4.25. The van der Waals surface area contributed by atoms with Crippen LogP contribution in [0.1, 0.15) is 278 Å². The molecule has 0 unspecified atom stereocenters. The average Bonchev–Trinajstić information content (AvgIpc) is 3.18. The van der Waals surface area contributed by atoms with Crippen LogP contribution in [0.25, 0.3) is 0 Å². The van der Waals surface area contributed by atoms with Crippen LogP contribution in [-0.2, 0) is 28.6 Å². The first kappa shape index (κ1) is 54.4. The summed E-state index contributed by atoms with van der Waals surface area (Å²) in [6.07, 6.45) is 45.1. The maximum Gasteiger partial charge on any atom is 0.306 e. The van der Waals surface area contributed by atoms with Crippen LogP contribution >= 0.6 is 0 Å². The predicted octanol–water partition coefficient (Wildman–Crippen LogP) is 15.9. The molecule has 1 atom stereocenters. The van der Waals surface area contributed by atoms with Gasteiger partial charge in [-0.3, -0.25) is 14.4 Å². The van der Waals surface area contributed by atoms with E-state index in [1.54, 1.807) is 0 Å². The van der Waals surface area contributed by atoms with E-state index in [4.69, 9.17) is 14.2 Å². The SMILES string of the molecule is CCCCCCCCCCCCCC(=O)OC[C@@H](COC(=O)CCCCCCCCCCCCCCCCC(C)C)OC(=O)CCCCCCCCCCCC. The highest BCUT2D eigenvalue weighted by Crippen LogP contribution is 2.17. The summed E-state index contributed by atoms with van der Waals surface area (Å²) in [7, 11) is 0. The van der Waals surface area contributed by atoms with Gasteiger partial charge in [0.15, 0.2) is 6.10 Å². The van der Waals surface area contributed by atoms with Crippen LogP contribution in [0.3, 0.4) is 0 Å². The van der Waals surface area contributed by atoms with E-state index in [0.717, 1.165) is 63.7 Å². The fraction of sp³-hybridized carbons (Fsp3) is 0.940. The lowest BCUT2D eigenvalue weighted by molar-refractivity contribution is -0.167. The van der Waals surface area contributed by atoms with Gasteiger partial charge in [-0.2, -0.15) is 0 Å². The minimum Gasteiger partial charge on any atom is -0.462 e. The lowest BCUT2D eigenvalue weighted by Gasteiger charge is -2.18. The Labute approximate surface area is 348 Å². The van der Waals surface area contributed by atoms with Gasteiger partial charge in [0.25, 0.3) is 0 Å². The van der Waals surface area contributed by atoms with Crippen molar-refractivity contribution in [3.05, 3.63) is 0 Å². The molecule has 0 aromatic rings. The molecule has 0 saturated heterocycles. The summed E-state index contributed by atoms with van der Waals surface area (Å²) in [6.45, 7) is 9.01. The Kier molecular flexibility index (Phi) is 43.2. The second-order valence-electron chi connectivity index (χ2n) is 17.6. The molecule has 6 heteroatoms. The largest absolute Gasteiger partial charge is 0.462 e. The van der Waals surface area contributed by atoms with Crippen molar-refractivity contribution in [3.8, 4) is 0 Å². The third-order valence-corrected chi connectivity index (χ3v) is 11.3. The van der Waals surface area contributed by atoms with E-state index in [2.05, 4.69) is 27.7 Å². The Morgan fingerprint density at radius 1 is 0.339 bits per heavy atom. The number of carbonyl (C=O) groups excluding carboxylic acids is 3. The monoisotopic (exact) mass is 793 g/mol. The van der Waals surface area contributed by atoms with Gasteiger partial charge in [-0.1, -0.05) is 240 Å². The zero-order chi connectivity index (χ0) is 41.0. The first-order valence-corrected chi connectivity index (χ1v) is 24.9. The van der Waals surface area contributed by atoms with Gasteiger partial charge in [-0.05, 0) is 25.2 Å². The molecule has 0 aliphatic rings. The number of carbonyl (C=O) groups is 3. The second-order valence-corrected chi connectivity index (χ2v) is 17.6. The number of hydrogen-bond donors (Lipinski definition) is 0. The molecule has 56 heavy (non-hydrogen) atoms. The van der Waals surface area contributed by atoms with Gasteiger partial charge in [0.2, 0.25) is 0 Å². The first-order valence-electron chi connectivity index (χ1n) is 24.9. The summed E-state index contributed by atoms with van der Waals surface area (Å²) in [4.78, 5) is 37.8. The van der Waals surface area contributed by atoms with E-state index in [9.17, 15) is 14.4 Å². The van der Waals surface area contributed by atoms with Crippen molar-refractivity contribution in [3.63, 3.8) is 0 Å². The van der Waals surface area contributed by atoms with Crippen LogP contribution in [0.5, 0.6) is 0 Å². The molecular weight excluding hydrogens is 697 g/mol. The van der Waals surface area contributed by atoms with E-state index in [-0.39, 0.29) is 31.1 Å². The number of unbranched alkanes of at least 4 members (excludes halogenated alkanes) is 32. The summed E-state index contributed by atoms with van der Waals surface area (Å²) in [5, 5.41) is 0. The smallest absolute Gasteiger partial charge is 0.306 e. The van der Waals surface area contributed by atoms with Crippen LogP contribution < -0.4 is 0 Å². The van der Waals surface area contributed by atoms with Gasteiger partial charge in [0, 0.05) is 19.3 Å². The van der Waals surface area contributed by atoms with Gasteiger partial charge in [-0.15, -0.1) is 0 Å². The van der Waals surface area contributed by atoms with Crippen LogP contribution in [0.4, 0.5) is 0 Å². The van der Waals surface area contributed by atoms with E-state index in [0.29, 0.717) is 19.3 Å². The molecule has 6 nitrogen and oxygen atoms in total. The molecule has 0 aromatic heterocycles. The lowest BCUT2D eigenvalue weighted by atomic mass is 10.0. The molecule has 0 fully saturated rings. The summed E-state index contributed by atoms with van der Waals surface area (Å²) in [5.41, 5.74) is 0. The van der Waals surface area contributed by atoms with E-state index in [1.165, 1.54) is 173 Å². The Morgan fingerprint density at radius 3 is 0.875 bits per heavy atom. The zero-order valence-corrected chi connectivity index (χ0v) is 38.1. The van der Waals surface area contributed by atoms with Gasteiger partial charge in [0.05, 0.1) is 0 Å². The molecule has 0 radical (unpaired) electrons. The van der Waals surface area contributed by atoms with Crippen molar-refractivity contribution < 1.29 is 28.6 Å². The fourth-order valence-electron chi connectivity index (χ4n) is 7.51. The summed E-state index contributed by atoms with van der Waals surface area (Å²) in [6, 6.07) is 0. The van der Waals surface area contributed by atoms with Gasteiger partial charge >= 0.3 is 17.9 Å². The van der Waals surface area contributed by atoms with Crippen molar-refractivity contribution in [2.75, 3.05) is 13.2 Å². The third kappa shape index (κ3) is 43.5. The number of esters is 3. The van der Waals surface area contributed by atoms with E-state index < -0.39 is 6.10 Å². The fourth-order valence-corrected chi connectivity index (χ4v) is 7.51. The van der Waals surface area contributed by atoms with Crippen LogP contribution in [-0.4, -0.2) is 37.2 Å². The van der Waals surface area contributed by atoms with Crippen molar-refractivity contribution in [2.45, 2.75) is 284 Å². The van der Waals surface area contributed by atoms with Crippen LogP contribution in [0.15, 0.2) is 0 Å². The molecule has 0 rings (SSSR count). The number of rotatable bonds is 45. The Bertz CT molecular complexity index is 841. The Morgan fingerprint density at radius 2 is 0.589 bits per heavy atom. The molecule has 0 heterocycles. The summed E-state index contributed by atoms with van der Waals surface area (Å²) >= 11 is 0. The number of ether oxygens (including phenoxy) is 3. The maximum absolute atomic E-state index is 12.7. The van der Waals surface area contributed by atoms with E-state index >= 15 is 0 Å². The standard InChI is InChI=1S/C50H96O6/c1-5-7-9-11-13-15-21-26-29-33-37-41-48(51)54-44-47(56-50(53)43-39-35-31-25-16-14-12-10-8-6-2)45-55-49(52)42-38-34-30-27-23-20-18-17-19-22-24-28-32-36-40-46(3)4/h46-47H,5-45H2,1-4H3/t47-/m0/s1. The lowest BCUT2D eigenvalue weighted by Crippen LogP contribution is -2.30. The van der Waals surface area contributed by atoms with Gasteiger partial charge in [0.1, 0.15) is 13.2 Å². The van der Waals surface area contributed by atoms with Crippen molar-refractivity contribution >= 4 is 17.9 Å². The molecule has 0 aliphatic carbocycles. The molecule has 0 N–H and O–H groups in total. The predicted molar refractivity (Wildman–Crippen MR) is 238 cm³/mol. The van der Waals surface area contributed by atoms with E-state index in [1.807, 2.05) is 0 Å². The summed E-state index contributed by atoms with van der Waals surface area (Å²) < 4.78 is 16.7. The molecule has 332 valence electrons. The topological polar surface area (TPSA) is 78.9 Å². The van der Waals surface area contributed by atoms with Crippen LogP contribution in [0.2, 0.25) is 0 Å².